The monoisotopic (exact) mass is 203 g/mol. The molecule has 0 spiro atoms. The molecule has 3 nitrogen and oxygen atoms in total. The molecular weight excluding hydrogens is 198 g/mol. The fourth-order valence-corrected chi connectivity index (χ4v) is 0.670. The van der Waals surface area contributed by atoms with Crippen molar-refractivity contribution in [3.8, 4) is 0 Å². The van der Waals surface area contributed by atoms with Gasteiger partial charge in [-0.1, -0.05) is 15.9 Å². The first-order valence-electron chi connectivity index (χ1n) is 2.71. The molecule has 10 heavy (non-hydrogen) atoms. The van der Waals surface area contributed by atoms with Crippen LogP contribution in [0.2, 0.25) is 0 Å². The molecule has 0 aliphatic heterocycles. The zero-order valence-corrected chi connectivity index (χ0v) is 6.72. The van der Waals surface area contributed by atoms with E-state index in [4.69, 9.17) is 4.42 Å². The summed E-state index contributed by atoms with van der Waals surface area (Å²) in [4.78, 5) is 10.7. The summed E-state index contributed by atoms with van der Waals surface area (Å²) in [7, 11) is 0. The van der Waals surface area contributed by atoms with E-state index in [9.17, 15) is 4.79 Å². The van der Waals surface area contributed by atoms with Crippen LogP contribution in [0.5, 0.6) is 0 Å². The van der Waals surface area contributed by atoms with Crippen LogP contribution in [0, 0.1) is 0 Å². The van der Waals surface area contributed by atoms with E-state index in [0.717, 1.165) is 0 Å². The molecular formula is C6H6BrNO2. The molecule has 0 radical (unpaired) electrons. The lowest BCUT2D eigenvalue weighted by atomic mass is 10.5. The molecule has 0 saturated heterocycles. The van der Waals surface area contributed by atoms with Gasteiger partial charge in [-0.3, -0.25) is 4.79 Å². The molecule has 0 aliphatic carbocycles. The summed E-state index contributed by atoms with van der Waals surface area (Å²) in [5, 5.41) is 2.90. The lowest BCUT2D eigenvalue weighted by Gasteiger charge is -1.94. The minimum atomic E-state index is -0.0820. The van der Waals surface area contributed by atoms with Gasteiger partial charge in [-0.25, -0.2) is 0 Å². The summed E-state index contributed by atoms with van der Waals surface area (Å²) in [6, 6.07) is 1.68. The maximum absolute atomic E-state index is 10.7. The number of anilines is 1. The van der Waals surface area contributed by atoms with Crippen LogP contribution in [-0.2, 0) is 4.79 Å². The van der Waals surface area contributed by atoms with Crippen LogP contribution in [0.25, 0.3) is 0 Å². The van der Waals surface area contributed by atoms with Crippen molar-refractivity contribution < 1.29 is 9.21 Å². The fourth-order valence-electron chi connectivity index (χ4n) is 0.530. The number of hydrogen-bond donors (Lipinski definition) is 1. The first-order chi connectivity index (χ1) is 4.83. The van der Waals surface area contributed by atoms with E-state index in [1.165, 1.54) is 12.5 Å². The fraction of sp³-hybridized carbons (Fsp3) is 0.167. The van der Waals surface area contributed by atoms with Crippen LogP contribution < -0.4 is 5.32 Å². The van der Waals surface area contributed by atoms with Gasteiger partial charge in [0, 0.05) is 0 Å². The molecule has 4 heteroatoms. The number of hydrogen-bond acceptors (Lipinski definition) is 2. The number of nitrogens with one attached hydrogen (secondary N) is 1. The quantitative estimate of drug-likeness (QED) is 0.743. The highest BCUT2D eigenvalue weighted by atomic mass is 79.9. The molecule has 0 atom stereocenters. The van der Waals surface area contributed by atoms with Gasteiger partial charge in [0.25, 0.3) is 0 Å². The molecule has 1 heterocycles. The summed E-state index contributed by atoms with van der Waals surface area (Å²) in [5.74, 6) is -0.0820. The van der Waals surface area contributed by atoms with Crippen LogP contribution >= 0.6 is 15.9 Å². The number of rotatable bonds is 2. The Morgan fingerprint density at radius 1 is 1.80 bits per heavy atom. The Balaban J connectivity index is 2.48. The normalized spacial score (nSPS) is 9.30. The Morgan fingerprint density at radius 3 is 3.10 bits per heavy atom. The first kappa shape index (κ1) is 7.34. The van der Waals surface area contributed by atoms with Crippen molar-refractivity contribution in [1.82, 2.24) is 0 Å². The van der Waals surface area contributed by atoms with E-state index in [1.807, 2.05) is 0 Å². The second kappa shape index (κ2) is 3.41. The van der Waals surface area contributed by atoms with E-state index in [2.05, 4.69) is 21.2 Å². The molecule has 0 fully saturated rings. The van der Waals surface area contributed by atoms with Gasteiger partial charge in [0.15, 0.2) is 0 Å². The minimum Gasteiger partial charge on any atom is -0.470 e. The SMILES string of the molecule is O=C(CBr)Nc1ccoc1. The predicted octanol–water partition coefficient (Wildman–Crippen LogP) is 1.61. The van der Waals surface area contributed by atoms with Crippen LogP contribution in [-0.4, -0.2) is 11.2 Å². The van der Waals surface area contributed by atoms with E-state index in [1.54, 1.807) is 6.07 Å². The topological polar surface area (TPSA) is 42.2 Å². The van der Waals surface area contributed by atoms with E-state index >= 15 is 0 Å². The highest BCUT2D eigenvalue weighted by Crippen LogP contribution is 2.05. The third kappa shape index (κ3) is 1.88. The van der Waals surface area contributed by atoms with E-state index < -0.39 is 0 Å². The molecule has 54 valence electrons. The van der Waals surface area contributed by atoms with Crippen LogP contribution in [0.15, 0.2) is 23.0 Å². The van der Waals surface area contributed by atoms with Crippen molar-refractivity contribution in [1.29, 1.82) is 0 Å². The van der Waals surface area contributed by atoms with Crippen molar-refractivity contribution in [2.45, 2.75) is 0 Å². The second-order valence-electron chi connectivity index (χ2n) is 1.69. The summed E-state index contributed by atoms with van der Waals surface area (Å²) < 4.78 is 4.73. The van der Waals surface area contributed by atoms with Gasteiger partial charge in [0.05, 0.1) is 17.3 Å². The van der Waals surface area contributed by atoms with E-state index in [-0.39, 0.29) is 5.91 Å². The van der Waals surface area contributed by atoms with Gasteiger partial charge in [0.2, 0.25) is 5.91 Å². The third-order valence-electron chi connectivity index (χ3n) is 0.926. The van der Waals surface area contributed by atoms with Gasteiger partial charge in [0.1, 0.15) is 6.26 Å². The number of amides is 1. The number of carbonyl (C=O) groups is 1. The first-order valence-corrected chi connectivity index (χ1v) is 3.83. The van der Waals surface area contributed by atoms with Crippen molar-refractivity contribution in [2.24, 2.45) is 0 Å². The lowest BCUT2D eigenvalue weighted by Crippen LogP contribution is -2.11. The van der Waals surface area contributed by atoms with Gasteiger partial charge in [-0.15, -0.1) is 0 Å². The maximum atomic E-state index is 10.7. The Kier molecular flexibility index (Phi) is 2.50. The minimum absolute atomic E-state index is 0.0820. The van der Waals surface area contributed by atoms with Crippen molar-refractivity contribution >= 4 is 27.5 Å². The summed E-state index contributed by atoms with van der Waals surface area (Å²) >= 11 is 3.02. The lowest BCUT2D eigenvalue weighted by molar-refractivity contribution is -0.113. The Bertz CT molecular complexity index is 208. The Labute approximate surface area is 66.5 Å². The average Bonchev–Trinajstić information content (AvgIpc) is 2.40. The molecule has 0 aliphatic rings. The summed E-state index contributed by atoms with van der Waals surface area (Å²) in [5.41, 5.74) is 0.685. The van der Waals surface area contributed by atoms with Crippen molar-refractivity contribution in [3.05, 3.63) is 18.6 Å². The summed E-state index contributed by atoms with van der Waals surface area (Å²) in [6.07, 6.45) is 2.98. The highest BCUT2D eigenvalue weighted by molar-refractivity contribution is 9.09. The predicted molar refractivity (Wildman–Crippen MR) is 41.1 cm³/mol. The van der Waals surface area contributed by atoms with Crippen LogP contribution in [0.4, 0.5) is 5.69 Å². The maximum Gasteiger partial charge on any atom is 0.235 e. The van der Waals surface area contributed by atoms with Crippen molar-refractivity contribution in [3.63, 3.8) is 0 Å². The molecule has 0 saturated carbocycles. The summed E-state index contributed by atoms with van der Waals surface area (Å²) in [6.45, 7) is 0. The standard InChI is InChI=1S/C6H6BrNO2/c7-3-6(9)8-5-1-2-10-4-5/h1-2,4H,3H2,(H,8,9). The van der Waals surface area contributed by atoms with Crippen LogP contribution in [0.1, 0.15) is 0 Å². The largest absolute Gasteiger partial charge is 0.470 e. The molecule has 1 amide bonds. The molecule has 1 aromatic heterocycles. The third-order valence-corrected chi connectivity index (χ3v) is 1.44. The van der Waals surface area contributed by atoms with Gasteiger partial charge in [-0.2, -0.15) is 0 Å². The zero-order chi connectivity index (χ0) is 7.40. The van der Waals surface area contributed by atoms with Crippen LogP contribution in [0.3, 0.4) is 0 Å². The van der Waals surface area contributed by atoms with Gasteiger partial charge in [-0.05, 0) is 6.07 Å². The van der Waals surface area contributed by atoms with Gasteiger partial charge >= 0.3 is 0 Å². The molecule has 0 bridgehead atoms. The molecule has 1 rings (SSSR count). The molecule has 1 aromatic rings. The smallest absolute Gasteiger partial charge is 0.235 e. The Morgan fingerprint density at radius 2 is 2.60 bits per heavy atom. The second-order valence-corrected chi connectivity index (χ2v) is 2.25. The van der Waals surface area contributed by atoms with Gasteiger partial charge < -0.3 is 9.73 Å². The highest BCUT2D eigenvalue weighted by Gasteiger charge is 1.98. The Hall–Kier alpha value is -0.770. The number of furan rings is 1. The van der Waals surface area contributed by atoms with Crippen molar-refractivity contribution in [2.75, 3.05) is 10.6 Å². The number of halogens is 1. The average molecular weight is 204 g/mol. The molecule has 0 aromatic carbocycles. The number of alkyl halides is 1. The number of carbonyl (C=O) groups excluding carboxylic acids is 1. The van der Waals surface area contributed by atoms with E-state index in [0.29, 0.717) is 11.0 Å². The zero-order valence-electron chi connectivity index (χ0n) is 5.13. The molecule has 0 unspecified atom stereocenters. The molecule has 1 N–H and O–H groups in total.